The van der Waals surface area contributed by atoms with Gasteiger partial charge in [-0.2, -0.15) is 0 Å². The molecule has 196 valence electrons. The summed E-state index contributed by atoms with van der Waals surface area (Å²) in [7, 11) is 2.12. The molecular weight excluding hydrogens is 502 g/mol. The Labute approximate surface area is 227 Å². The van der Waals surface area contributed by atoms with Gasteiger partial charge in [0.2, 0.25) is 0 Å². The Morgan fingerprint density at radius 3 is 2.45 bits per heavy atom. The molecule has 2 aromatic carbocycles. The van der Waals surface area contributed by atoms with Gasteiger partial charge in [-0.05, 0) is 67.6 Å². The molecule has 3 aromatic rings. The van der Waals surface area contributed by atoms with Gasteiger partial charge in [0, 0.05) is 55.3 Å². The second-order valence-corrected chi connectivity index (χ2v) is 10.3. The summed E-state index contributed by atoms with van der Waals surface area (Å²) in [5.74, 6) is -0.0285. The van der Waals surface area contributed by atoms with E-state index in [0.717, 1.165) is 37.4 Å². The number of rotatable bonds is 5. The number of nitrogens with one attached hydrogen (secondary N) is 1. The van der Waals surface area contributed by atoms with Gasteiger partial charge in [0.05, 0.1) is 17.9 Å². The molecule has 0 spiro atoms. The van der Waals surface area contributed by atoms with Gasteiger partial charge in [-0.1, -0.05) is 23.7 Å². The number of carbonyl (C=O) groups excluding carboxylic acids is 3. The van der Waals surface area contributed by atoms with Crippen molar-refractivity contribution in [2.24, 2.45) is 0 Å². The fraction of sp³-hybridized carbons (Fsp3) is 0.310. The highest BCUT2D eigenvalue weighted by atomic mass is 35.5. The Morgan fingerprint density at radius 1 is 1.03 bits per heavy atom. The molecule has 0 unspecified atom stereocenters. The molecule has 2 aliphatic heterocycles. The number of benzene rings is 2. The normalized spacial score (nSPS) is 18.2. The number of carbonyl (C=O) groups is 3. The summed E-state index contributed by atoms with van der Waals surface area (Å²) in [6.07, 6.45) is 1.96. The molecular formula is C29H30ClN5O3. The Hall–Kier alpha value is -3.75. The first-order chi connectivity index (χ1) is 18.3. The first-order valence-corrected chi connectivity index (χ1v) is 13.1. The van der Waals surface area contributed by atoms with Crippen LogP contribution in [0.4, 0.5) is 11.5 Å². The van der Waals surface area contributed by atoms with Crippen molar-refractivity contribution in [3.05, 3.63) is 88.1 Å². The lowest BCUT2D eigenvalue weighted by atomic mass is 10.0. The van der Waals surface area contributed by atoms with Crippen molar-refractivity contribution in [3.8, 4) is 0 Å². The number of Topliss-reactive ketones (excluding diaryl/α,β-unsaturated/α-hetero) is 1. The SMILES string of the molecule is C[C@@H]1C(=O)Cc2cc(Cl)ccc2C(=O)N1Cc1ccc(C(=O)Nc2ccc(N3CCN(C)CC3)cn2)cc1. The van der Waals surface area contributed by atoms with E-state index in [1.807, 2.05) is 12.1 Å². The molecule has 8 nitrogen and oxygen atoms in total. The van der Waals surface area contributed by atoms with E-state index in [1.165, 1.54) is 0 Å². The van der Waals surface area contributed by atoms with Crippen molar-refractivity contribution in [2.75, 3.05) is 43.4 Å². The van der Waals surface area contributed by atoms with E-state index in [2.05, 4.69) is 27.1 Å². The van der Waals surface area contributed by atoms with Gasteiger partial charge in [-0.25, -0.2) is 4.98 Å². The van der Waals surface area contributed by atoms with E-state index in [4.69, 9.17) is 11.6 Å². The van der Waals surface area contributed by atoms with Crippen LogP contribution < -0.4 is 10.2 Å². The smallest absolute Gasteiger partial charge is 0.256 e. The average molecular weight is 532 g/mol. The highest BCUT2D eigenvalue weighted by Gasteiger charge is 2.32. The molecule has 0 saturated carbocycles. The molecule has 0 aliphatic carbocycles. The maximum Gasteiger partial charge on any atom is 0.256 e. The first-order valence-electron chi connectivity index (χ1n) is 12.7. The van der Waals surface area contributed by atoms with Gasteiger partial charge in [0.1, 0.15) is 5.82 Å². The largest absolute Gasteiger partial charge is 0.368 e. The third-order valence-corrected chi connectivity index (χ3v) is 7.52. The standard InChI is InChI=1S/C29H30ClN5O3/c1-19-26(36)16-22-15-23(30)7-9-25(22)29(38)35(19)18-20-3-5-21(6-4-20)28(37)32-27-10-8-24(17-31-27)34-13-11-33(2)12-14-34/h3-10,15,17,19H,11-14,16,18H2,1-2H3,(H,31,32,37)/t19-/m1/s1. The molecule has 1 atom stereocenters. The van der Waals surface area contributed by atoms with Crippen LogP contribution in [0.25, 0.3) is 0 Å². The number of piperazine rings is 1. The van der Waals surface area contributed by atoms with Crippen LogP contribution in [-0.4, -0.2) is 71.6 Å². The van der Waals surface area contributed by atoms with E-state index in [0.29, 0.717) is 27.5 Å². The van der Waals surface area contributed by atoms with Crippen molar-refractivity contribution < 1.29 is 14.4 Å². The summed E-state index contributed by atoms with van der Waals surface area (Å²) in [6, 6.07) is 15.3. The van der Waals surface area contributed by atoms with Crippen LogP contribution in [0.15, 0.2) is 60.8 Å². The van der Waals surface area contributed by atoms with E-state index in [-0.39, 0.29) is 30.6 Å². The number of likely N-dealkylation sites (N-methyl/N-ethyl adjacent to an activating group) is 1. The lowest BCUT2D eigenvalue weighted by Crippen LogP contribution is -2.44. The maximum absolute atomic E-state index is 13.3. The number of ketones is 1. The van der Waals surface area contributed by atoms with Crippen LogP contribution >= 0.6 is 11.6 Å². The number of nitrogens with zero attached hydrogens (tertiary/aromatic N) is 4. The fourth-order valence-electron chi connectivity index (χ4n) is 4.82. The summed E-state index contributed by atoms with van der Waals surface area (Å²) in [5, 5.41) is 3.34. The Morgan fingerprint density at radius 2 is 1.76 bits per heavy atom. The molecule has 38 heavy (non-hydrogen) atoms. The molecule has 0 radical (unpaired) electrons. The molecule has 1 N–H and O–H groups in total. The van der Waals surface area contributed by atoms with Crippen LogP contribution in [-0.2, 0) is 17.8 Å². The van der Waals surface area contributed by atoms with Crippen LogP contribution in [0.5, 0.6) is 0 Å². The van der Waals surface area contributed by atoms with Gasteiger partial charge >= 0.3 is 0 Å². The predicted molar refractivity (Wildman–Crippen MR) is 148 cm³/mol. The average Bonchev–Trinajstić information content (AvgIpc) is 3.00. The summed E-state index contributed by atoms with van der Waals surface area (Å²) in [5.41, 5.74) is 3.49. The third kappa shape index (κ3) is 5.56. The number of anilines is 2. The van der Waals surface area contributed by atoms with E-state index >= 15 is 0 Å². The van der Waals surface area contributed by atoms with Crippen LogP contribution in [0.1, 0.15) is 38.8 Å². The minimum atomic E-state index is -0.573. The van der Waals surface area contributed by atoms with Crippen molar-refractivity contribution in [1.82, 2.24) is 14.8 Å². The maximum atomic E-state index is 13.3. The molecule has 1 saturated heterocycles. The van der Waals surface area contributed by atoms with Crippen molar-refractivity contribution in [1.29, 1.82) is 0 Å². The molecule has 5 rings (SSSR count). The number of pyridine rings is 1. The number of fused-ring (bicyclic) bond motifs is 1. The second kappa shape index (κ2) is 10.9. The van der Waals surface area contributed by atoms with Gasteiger partial charge in [-0.15, -0.1) is 0 Å². The van der Waals surface area contributed by atoms with Gasteiger partial charge in [-0.3, -0.25) is 14.4 Å². The number of hydrogen-bond acceptors (Lipinski definition) is 6. The summed E-state index contributed by atoms with van der Waals surface area (Å²) >= 11 is 6.09. The Bertz CT molecular complexity index is 1350. The number of aromatic nitrogens is 1. The topological polar surface area (TPSA) is 85.8 Å². The molecule has 1 fully saturated rings. The Kier molecular flexibility index (Phi) is 7.44. The zero-order valence-electron chi connectivity index (χ0n) is 21.5. The molecule has 9 heteroatoms. The summed E-state index contributed by atoms with van der Waals surface area (Å²) in [4.78, 5) is 49.4. The minimum absolute atomic E-state index is 0.0403. The summed E-state index contributed by atoms with van der Waals surface area (Å²) in [6.45, 7) is 5.93. The first kappa shape index (κ1) is 25.9. The molecule has 2 aliphatic rings. The zero-order chi connectivity index (χ0) is 26.8. The number of amides is 2. The summed E-state index contributed by atoms with van der Waals surface area (Å²) < 4.78 is 0. The minimum Gasteiger partial charge on any atom is -0.368 e. The van der Waals surface area contributed by atoms with Crippen LogP contribution in [0.2, 0.25) is 5.02 Å². The van der Waals surface area contributed by atoms with E-state index < -0.39 is 6.04 Å². The Balaban J connectivity index is 1.24. The van der Waals surface area contributed by atoms with Crippen LogP contribution in [0.3, 0.4) is 0 Å². The quantitative estimate of drug-likeness (QED) is 0.537. The highest BCUT2D eigenvalue weighted by molar-refractivity contribution is 6.30. The van der Waals surface area contributed by atoms with Crippen molar-refractivity contribution in [2.45, 2.75) is 25.9 Å². The molecule has 1 aromatic heterocycles. The fourth-order valence-corrected chi connectivity index (χ4v) is 5.02. The molecule has 0 bridgehead atoms. The zero-order valence-corrected chi connectivity index (χ0v) is 22.2. The van der Waals surface area contributed by atoms with Crippen molar-refractivity contribution >= 4 is 40.7 Å². The van der Waals surface area contributed by atoms with Gasteiger partial charge in [0.15, 0.2) is 5.78 Å². The highest BCUT2D eigenvalue weighted by Crippen LogP contribution is 2.25. The third-order valence-electron chi connectivity index (χ3n) is 7.28. The monoisotopic (exact) mass is 531 g/mol. The lowest BCUT2D eigenvalue weighted by Gasteiger charge is -2.33. The van der Waals surface area contributed by atoms with Crippen molar-refractivity contribution in [3.63, 3.8) is 0 Å². The lowest BCUT2D eigenvalue weighted by molar-refractivity contribution is -0.122. The molecule has 3 heterocycles. The number of hydrogen-bond donors (Lipinski definition) is 1. The van der Waals surface area contributed by atoms with E-state index in [1.54, 1.807) is 60.5 Å². The van der Waals surface area contributed by atoms with Crippen LogP contribution in [0, 0.1) is 0 Å². The second-order valence-electron chi connectivity index (χ2n) is 9.90. The predicted octanol–water partition coefficient (Wildman–Crippen LogP) is 3.90. The molecule has 2 amide bonds. The van der Waals surface area contributed by atoms with Gasteiger partial charge in [0.25, 0.3) is 11.8 Å². The van der Waals surface area contributed by atoms with Gasteiger partial charge < -0.3 is 20.0 Å². The number of halogens is 1. The van der Waals surface area contributed by atoms with E-state index in [9.17, 15) is 14.4 Å².